The van der Waals surface area contributed by atoms with Crippen LogP contribution in [0.2, 0.25) is 0 Å². The fourth-order valence-corrected chi connectivity index (χ4v) is 4.78. The van der Waals surface area contributed by atoms with Gasteiger partial charge in [-0.25, -0.2) is 0 Å². The van der Waals surface area contributed by atoms with E-state index in [4.69, 9.17) is 0 Å². The highest BCUT2D eigenvalue weighted by Gasteiger charge is 2.15. The first-order valence-electron chi connectivity index (χ1n) is 10.8. The van der Waals surface area contributed by atoms with Gasteiger partial charge >= 0.3 is 0 Å². The minimum atomic E-state index is 1.19. The molecule has 0 radical (unpaired) electrons. The van der Waals surface area contributed by atoms with Gasteiger partial charge in [0.05, 0.1) is 0 Å². The summed E-state index contributed by atoms with van der Waals surface area (Å²) in [5.74, 6) is 0. The van der Waals surface area contributed by atoms with Crippen molar-refractivity contribution in [1.82, 2.24) is 0 Å². The summed E-state index contributed by atoms with van der Waals surface area (Å²) in [5, 5.41) is 7.91. The van der Waals surface area contributed by atoms with Gasteiger partial charge in [-0.15, -0.1) is 0 Å². The lowest BCUT2D eigenvalue weighted by atomic mass is 9.93. The number of nitrogens with zero attached hydrogens (tertiary/aromatic N) is 1. The molecule has 0 aliphatic heterocycles. The van der Waals surface area contributed by atoms with Crippen LogP contribution in [0.25, 0.3) is 43.4 Å². The van der Waals surface area contributed by atoms with E-state index in [9.17, 15) is 0 Å². The molecule has 0 saturated heterocycles. The van der Waals surface area contributed by atoms with Crippen LogP contribution >= 0.6 is 0 Å². The largest absolute Gasteiger partial charge is 0.344 e. The van der Waals surface area contributed by atoms with Crippen molar-refractivity contribution in [2.45, 2.75) is 6.92 Å². The molecule has 6 rings (SSSR count). The minimum absolute atomic E-state index is 1.19. The zero-order valence-electron chi connectivity index (χ0n) is 17.8. The Bertz CT molecular complexity index is 1530. The van der Waals surface area contributed by atoms with Gasteiger partial charge in [-0.3, -0.25) is 0 Å². The second-order valence-electron chi connectivity index (χ2n) is 8.42. The van der Waals surface area contributed by atoms with E-state index in [2.05, 4.69) is 122 Å². The molecule has 0 amide bonds. The van der Waals surface area contributed by atoms with Gasteiger partial charge < -0.3 is 4.90 Å². The molecule has 148 valence electrons. The van der Waals surface area contributed by atoms with Gasteiger partial charge in [0, 0.05) is 23.8 Å². The lowest BCUT2D eigenvalue weighted by molar-refractivity contribution is 1.22. The molecule has 0 atom stereocenters. The minimum Gasteiger partial charge on any atom is -0.344 e. The number of benzene rings is 6. The quantitative estimate of drug-likeness (QED) is 0.271. The number of hydrogen-bond donors (Lipinski definition) is 0. The van der Waals surface area contributed by atoms with Crippen LogP contribution in [0.3, 0.4) is 0 Å². The Labute approximate surface area is 182 Å². The van der Waals surface area contributed by atoms with Gasteiger partial charge in [0.15, 0.2) is 0 Å². The van der Waals surface area contributed by atoms with Crippen LogP contribution in [-0.4, -0.2) is 7.05 Å². The zero-order valence-corrected chi connectivity index (χ0v) is 17.8. The normalized spacial score (nSPS) is 11.5. The summed E-state index contributed by atoms with van der Waals surface area (Å²) in [7, 11) is 2.17. The van der Waals surface area contributed by atoms with Crippen molar-refractivity contribution in [2.75, 3.05) is 11.9 Å². The summed E-state index contributed by atoms with van der Waals surface area (Å²) in [5.41, 5.74) is 6.20. The van der Waals surface area contributed by atoms with Crippen LogP contribution in [0.15, 0.2) is 103 Å². The molecule has 0 fully saturated rings. The zero-order chi connectivity index (χ0) is 20.9. The Hall–Kier alpha value is -3.84. The maximum Gasteiger partial charge on any atom is 0.0494 e. The molecular weight excluding hydrogens is 374 g/mol. The third-order valence-corrected chi connectivity index (χ3v) is 6.49. The third-order valence-electron chi connectivity index (χ3n) is 6.49. The second-order valence-corrected chi connectivity index (χ2v) is 8.42. The van der Waals surface area contributed by atoms with E-state index in [0.29, 0.717) is 0 Å². The maximum atomic E-state index is 2.33. The predicted octanol–water partition coefficient (Wildman–Crippen LogP) is 8.33. The second kappa shape index (κ2) is 6.85. The molecule has 31 heavy (non-hydrogen) atoms. The monoisotopic (exact) mass is 397 g/mol. The molecule has 6 aromatic carbocycles. The summed E-state index contributed by atoms with van der Waals surface area (Å²) in [6, 6.07) is 37.6. The van der Waals surface area contributed by atoms with Gasteiger partial charge in [-0.2, -0.15) is 0 Å². The van der Waals surface area contributed by atoms with Crippen LogP contribution in [0.4, 0.5) is 11.4 Å². The van der Waals surface area contributed by atoms with Crippen LogP contribution in [0, 0.1) is 6.92 Å². The van der Waals surface area contributed by atoms with Crippen molar-refractivity contribution in [3.63, 3.8) is 0 Å². The van der Waals surface area contributed by atoms with E-state index < -0.39 is 0 Å². The average Bonchev–Trinajstić information content (AvgIpc) is 2.82. The van der Waals surface area contributed by atoms with Crippen LogP contribution in [0.1, 0.15) is 5.56 Å². The molecule has 0 N–H and O–H groups in total. The summed E-state index contributed by atoms with van der Waals surface area (Å²) in [6.07, 6.45) is 0. The first kappa shape index (κ1) is 18.0. The SMILES string of the molecule is Cc1ccc(-c2ccc(N(C)c3cc4cccc5ccc6cccc3c6c54)cc2)cc1. The highest BCUT2D eigenvalue weighted by atomic mass is 15.1. The Kier molecular flexibility index (Phi) is 3.97. The number of anilines is 2. The molecule has 0 heterocycles. The third kappa shape index (κ3) is 2.85. The van der Waals surface area contributed by atoms with Crippen LogP contribution in [-0.2, 0) is 0 Å². The molecule has 6 aromatic rings. The topological polar surface area (TPSA) is 3.24 Å². The van der Waals surface area contributed by atoms with Gasteiger partial charge in [-0.05, 0) is 63.2 Å². The summed E-state index contributed by atoms with van der Waals surface area (Å²) >= 11 is 0. The summed E-state index contributed by atoms with van der Waals surface area (Å²) in [4.78, 5) is 2.31. The van der Waals surface area contributed by atoms with Gasteiger partial charge in [-0.1, -0.05) is 90.5 Å². The van der Waals surface area contributed by atoms with Gasteiger partial charge in [0.1, 0.15) is 0 Å². The fourth-order valence-electron chi connectivity index (χ4n) is 4.78. The molecule has 0 bridgehead atoms. The Balaban J connectivity index is 1.49. The van der Waals surface area contributed by atoms with Crippen molar-refractivity contribution in [3.05, 3.63) is 109 Å². The van der Waals surface area contributed by atoms with Gasteiger partial charge in [0.25, 0.3) is 0 Å². The highest BCUT2D eigenvalue weighted by Crippen LogP contribution is 2.41. The van der Waals surface area contributed by atoms with Crippen molar-refractivity contribution in [2.24, 2.45) is 0 Å². The van der Waals surface area contributed by atoms with Crippen molar-refractivity contribution in [3.8, 4) is 11.1 Å². The number of rotatable bonds is 3. The lowest BCUT2D eigenvalue weighted by Gasteiger charge is -2.24. The van der Waals surface area contributed by atoms with Crippen LogP contribution < -0.4 is 4.90 Å². The van der Waals surface area contributed by atoms with E-state index in [1.165, 1.54) is 60.4 Å². The molecule has 0 aliphatic rings. The Morgan fingerprint density at radius 2 is 1.13 bits per heavy atom. The van der Waals surface area contributed by atoms with Crippen molar-refractivity contribution >= 4 is 43.7 Å². The molecule has 0 aromatic heterocycles. The van der Waals surface area contributed by atoms with Crippen molar-refractivity contribution < 1.29 is 0 Å². The standard InChI is InChI=1S/C30H23N/c1-20-9-11-21(12-10-20)22-15-17-26(18-16-22)31(2)28-19-25-7-3-5-23-13-14-24-6-4-8-27(28)30(24)29(23)25/h3-19H,1-2H3. The van der Waals surface area contributed by atoms with E-state index in [-0.39, 0.29) is 0 Å². The summed E-state index contributed by atoms with van der Waals surface area (Å²) < 4.78 is 0. The molecule has 0 spiro atoms. The van der Waals surface area contributed by atoms with Crippen LogP contribution in [0.5, 0.6) is 0 Å². The highest BCUT2D eigenvalue weighted by molar-refractivity contribution is 6.26. The lowest BCUT2D eigenvalue weighted by Crippen LogP contribution is -2.10. The number of aryl methyl sites for hydroxylation is 1. The predicted molar refractivity (Wildman–Crippen MR) is 135 cm³/mol. The molecule has 0 saturated carbocycles. The average molecular weight is 398 g/mol. The first-order chi connectivity index (χ1) is 15.2. The van der Waals surface area contributed by atoms with E-state index in [1.807, 2.05) is 0 Å². The first-order valence-corrected chi connectivity index (χ1v) is 10.8. The maximum absolute atomic E-state index is 2.33. The van der Waals surface area contributed by atoms with E-state index in [0.717, 1.165) is 0 Å². The molecule has 0 unspecified atom stereocenters. The molecule has 1 nitrogen and oxygen atoms in total. The Morgan fingerprint density at radius 3 is 1.84 bits per heavy atom. The van der Waals surface area contributed by atoms with Crippen molar-refractivity contribution in [1.29, 1.82) is 0 Å². The van der Waals surface area contributed by atoms with E-state index >= 15 is 0 Å². The smallest absolute Gasteiger partial charge is 0.0494 e. The number of hydrogen-bond acceptors (Lipinski definition) is 1. The fraction of sp³-hybridized carbons (Fsp3) is 0.0667. The summed E-state index contributed by atoms with van der Waals surface area (Å²) in [6.45, 7) is 2.12. The molecule has 1 heteroatoms. The van der Waals surface area contributed by atoms with E-state index in [1.54, 1.807) is 0 Å². The van der Waals surface area contributed by atoms with Gasteiger partial charge in [0.2, 0.25) is 0 Å². The molecular formula is C30H23N. The molecule has 0 aliphatic carbocycles. The Morgan fingerprint density at radius 1 is 0.548 bits per heavy atom.